The molecule has 0 aromatic rings. The summed E-state index contributed by atoms with van der Waals surface area (Å²) < 4.78 is 0. The van der Waals surface area contributed by atoms with Crippen molar-refractivity contribution in [1.82, 2.24) is 36.4 Å². The number of guanidine groups is 1. The zero-order valence-corrected chi connectivity index (χ0v) is 36.8. The van der Waals surface area contributed by atoms with Gasteiger partial charge in [0, 0.05) is 26.1 Å². The van der Waals surface area contributed by atoms with Crippen molar-refractivity contribution in [2.45, 2.75) is 148 Å². The number of hydrogen-bond acceptors (Lipinski definition) is 11. The Kier molecular flexibility index (Phi) is 21.6. The fraction of sp³-hybridized carbons (Fsp3) is 0.750. The van der Waals surface area contributed by atoms with Crippen molar-refractivity contribution in [3.8, 4) is 0 Å². The van der Waals surface area contributed by atoms with E-state index in [-0.39, 0.29) is 51.3 Å². The average molecular weight is 880 g/mol. The number of carboxylic acid groups (broad SMARTS) is 2. The number of aliphatic carboxylic acids is 2. The SMILES string of the molecule is CC[C@H](C)[C@H](NC(=O)[C@@H](NC(=O)[C@@H]1CCCN1C(=O)[C@H](CCC(=O)O)NC(=O)[C@@H]1CCCN1C(=O)CNC(=O)[C@@H](N)CCCN=C(N)N)[C@@H](C)CC)C(=O)N[C@H](C(=O)O)C(C)C. The van der Waals surface area contributed by atoms with Crippen LogP contribution in [0.3, 0.4) is 0 Å². The second-order valence-corrected chi connectivity index (χ2v) is 16.5. The Labute approximate surface area is 362 Å². The first-order chi connectivity index (χ1) is 29.1. The van der Waals surface area contributed by atoms with Gasteiger partial charge in [-0.1, -0.05) is 54.4 Å². The van der Waals surface area contributed by atoms with E-state index >= 15 is 0 Å². The molecule has 0 spiro atoms. The Morgan fingerprint density at radius 1 is 0.710 bits per heavy atom. The van der Waals surface area contributed by atoms with Gasteiger partial charge in [-0.15, -0.1) is 0 Å². The number of carbonyl (C=O) groups excluding carboxylic acids is 7. The summed E-state index contributed by atoms with van der Waals surface area (Å²) in [6.45, 7) is 10.5. The molecule has 0 aromatic heterocycles. The van der Waals surface area contributed by atoms with E-state index in [0.717, 1.165) is 0 Å². The molecule has 2 rings (SSSR count). The summed E-state index contributed by atoms with van der Waals surface area (Å²) in [7, 11) is 0. The van der Waals surface area contributed by atoms with Crippen molar-refractivity contribution in [3.63, 3.8) is 0 Å². The van der Waals surface area contributed by atoms with E-state index in [1.165, 1.54) is 9.80 Å². The van der Waals surface area contributed by atoms with Gasteiger partial charge in [0.15, 0.2) is 5.96 Å². The van der Waals surface area contributed by atoms with E-state index in [1.807, 2.05) is 13.8 Å². The van der Waals surface area contributed by atoms with Gasteiger partial charge in [0.25, 0.3) is 0 Å². The molecule has 7 amide bonds. The van der Waals surface area contributed by atoms with Crippen molar-refractivity contribution in [3.05, 3.63) is 0 Å². The molecule has 2 fully saturated rings. The predicted molar refractivity (Wildman–Crippen MR) is 226 cm³/mol. The van der Waals surface area contributed by atoms with E-state index in [0.29, 0.717) is 32.1 Å². The third kappa shape index (κ3) is 15.7. The quantitative estimate of drug-likeness (QED) is 0.0272. The molecular weight excluding hydrogens is 811 g/mol. The highest BCUT2D eigenvalue weighted by Crippen LogP contribution is 2.23. The monoisotopic (exact) mass is 880 g/mol. The minimum atomic E-state index is -1.38. The van der Waals surface area contributed by atoms with Gasteiger partial charge in [0.2, 0.25) is 41.4 Å². The lowest BCUT2D eigenvalue weighted by atomic mass is 9.94. The average Bonchev–Trinajstić information content (AvgIpc) is 3.93. The van der Waals surface area contributed by atoms with Crippen molar-refractivity contribution < 1.29 is 53.4 Å². The normalized spacial score (nSPS) is 19.5. The Morgan fingerprint density at radius 2 is 1.23 bits per heavy atom. The first-order valence-corrected chi connectivity index (χ1v) is 21.5. The van der Waals surface area contributed by atoms with Gasteiger partial charge in [0.1, 0.15) is 36.3 Å². The second kappa shape index (κ2) is 25.4. The number of carbonyl (C=O) groups is 9. The summed E-state index contributed by atoms with van der Waals surface area (Å²) in [6.07, 6.45) is 2.02. The van der Waals surface area contributed by atoms with Gasteiger partial charge in [-0.05, 0) is 62.7 Å². The van der Waals surface area contributed by atoms with Crippen LogP contribution in [0.2, 0.25) is 0 Å². The number of carboxylic acids is 2. The Morgan fingerprint density at radius 3 is 1.74 bits per heavy atom. The van der Waals surface area contributed by atoms with Crippen molar-refractivity contribution in [2.75, 3.05) is 26.2 Å². The van der Waals surface area contributed by atoms with Crippen molar-refractivity contribution in [2.24, 2.45) is 39.9 Å². The molecule has 0 radical (unpaired) electrons. The molecule has 13 N–H and O–H groups in total. The van der Waals surface area contributed by atoms with E-state index in [2.05, 4.69) is 31.6 Å². The zero-order chi connectivity index (χ0) is 46.8. The standard InChI is InChI=1S/C40H69N11O11/c1-7-22(5)31(37(59)49-32(23(6)8-2)36(58)47-30(21(3)4)39(61)62)48-35(57)27-14-11-19-51(27)38(60)25(15-16-29(53)54)46-34(56)26-13-10-18-50(26)28(52)20-45-33(55)24(41)12-9-17-44-40(42)43/h21-27,30-32H,7-20,41H2,1-6H3,(H,45,55)(H,46,56)(H,47,58)(H,48,57)(H,49,59)(H,53,54)(H,61,62)(H4,42,43,44)/t22-,23-,24-,25-,26-,27-,30-,31-,32-/m0/s1. The molecule has 9 atom stereocenters. The molecule has 22 nitrogen and oxygen atoms in total. The number of likely N-dealkylation sites (tertiary alicyclic amines) is 2. The summed E-state index contributed by atoms with van der Waals surface area (Å²) in [4.78, 5) is 125. The predicted octanol–water partition coefficient (Wildman–Crippen LogP) is -1.90. The third-order valence-corrected chi connectivity index (χ3v) is 11.5. The number of rotatable bonds is 25. The maximum Gasteiger partial charge on any atom is 0.326 e. The van der Waals surface area contributed by atoms with Crippen LogP contribution in [0, 0.1) is 17.8 Å². The van der Waals surface area contributed by atoms with Gasteiger partial charge in [-0.25, -0.2) is 4.79 Å². The smallest absolute Gasteiger partial charge is 0.326 e. The molecule has 0 saturated carbocycles. The van der Waals surface area contributed by atoms with Crippen LogP contribution in [0.15, 0.2) is 4.99 Å². The highest BCUT2D eigenvalue weighted by atomic mass is 16.4. The highest BCUT2D eigenvalue weighted by molar-refractivity contribution is 5.98. The lowest BCUT2D eigenvalue weighted by Gasteiger charge is -2.33. The van der Waals surface area contributed by atoms with Crippen LogP contribution in [-0.2, 0) is 43.2 Å². The van der Waals surface area contributed by atoms with Gasteiger partial charge in [0.05, 0.1) is 12.6 Å². The molecule has 2 aliphatic heterocycles. The maximum absolute atomic E-state index is 14.1. The van der Waals surface area contributed by atoms with Crippen LogP contribution in [0.25, 0.3) is 0 Å². The van der Waals surface area contributed by atoms with Crippen molar-refractivity contribution >= 4 is 59.2 Å². The highest BCUT2D eigenvalue weighted by Gasteiger charge is 2.42. The summed E-state index contributed by atoms with van der Waals surface area (Å²) in [5.41, 5.74) is 16.5. The van der Waals surface area contributed by atoms with Gasteiger partial charge in [-0.3, -0.25) is 43.3 Å². The Bertz CT molecular complexity index is 1640. The molecule has 2 aliphatic rings. The first-order valence-electron chi connectivity index (χ1n) is 21.5. The Hall–Kier alpha value is -5.54. The number of hydrogen-bond donors (Lipinski definition) is 10. The molecule has 62 heavy (non-hydrogen) atoms. The summed E-state index contributed by atoms with van der Waals surface area (Å²) in [6, 6.07) is -7.91. The number of nitrogens with one attached hydrogen (secondary N) is 5. The summed E-state index contributed by atoms with van der Waals surface area (Å²) in [5, 5.41) is 32.2. The van der Waals surface area contributed by atoms with Crippen LogP contribution in [0.1, 0.15) is 106 Å². The molecule has 2 saturated heterocycles. The van der Waals surface area contributed by atoms with Gasteiger partial charge in [-0.2, -0.15) is 0 Å². The topological polar surface area (TPSA) is 351 Å². The minimum Gasteiger partial charge on any atom is -0.481 e. The number of amides is 7. The van der Waals surface area contributed by atoms with E-state index < -0.39 is 126 Å². The Balaban J connectivity index is 2.21. The number of aliphatic imine (C=N–C) groups is 1. The van der Waals surface area contributed by atoms with Crippen LogP contribution < -0.4 is 43.8 Å². The van der Waals surface area contributed by atoms with Gasteiger partial charge >= 0.3 is 11.9 Å². The number of nitrogens with zero attached hydrogens (tertiary/aromatic N) is 3. The van der Waals surface area contributed by atoms with E-state index in [1.54, 1.807) is 27.7 Å². The maximum atomic E-state index is 14.1. The minimum absolute atomic E-state index is 0.0911. The summed E-state index contributed by atoms with van der Waals surface area (Å²) >= 11 is 0. The lowest BCUT2D eigenvalue weighted by Crippen LogP contribution is -2.61. The largest absolute Gasteiger partial charge is 0.481 e. The second-order valence-electron chi connectivity index (χ2n) is 16.5. The molecular formula is C40H69N11O11. The van der Waals surface area contributed by atoms with Crippen LogP contribution in [0.5, 0.6) is 0 Å². The zero-order valence-electron chi connectivity index (χ0n) is 36.8. The third-order valence-electron chi connectivity index (χ3n) is 11.5. The fourth-order valence-electron chi connectivity index (χ4n) is 7.33. The molecule has 0 aromatic carbocycles. The van der Waals surface area contributed by atoms with Crippen LogP contribution in [-0.4, -0.2) is 148 Å². The molecule has 2 heterocycles. The number of nitrogens with two attached hydrogens (primary N) is 3. The molecule has 0 bridgehead atoms. The summed E-state index contributed by atoms with van der Waals surface area (Å²) in [5.74, 6) is -8.45. The molecule has 0 unspecified atom stereocenters. The molecule has 350 valence electrons. The van der Waals surface area contributed by atoms with Crippen LogP contribution >= 0.6 is 0 Å². The van der Waals surface area contributed by atoms with Crippen molar-refractivity contribution in [1.29, 1.82) is 0 Å². The van der Waals surface area contributed by atoms with E-state index in [9.17, 15) is 53.4 Å². The van der Waals surface area contributed by atoms with E-state index in [4.69, 9.17) is 17.2 Å². The molecule has 22 heteroatoms. The van der Waals surface area contributed by atoms with Crippen LogP contribution in [0.4, 0.5) is 0 Å². The molecule has 0 aliphatic carbocycles. The van der Waals surface area contributed by atoms with Gasteiger partial charge < -0.3 is 63.8 Å². The fourth-order valence-corrected chi connectivity index (χ4v) is 7.33. The lowest BCUT2D eigenvalue weighted by molar-refractivity contribution is -0.145. The first kappa shape index (κ1) is 52.6.